The molecule has 13 heavy (non-hydrogen) atoms. The molecule has 0 spiro atoms. The molecule has 0 saturated heterocycles. The van der Waals surface area contributed by atoms with Crippen LogP contribution in [0.3, 0.4) is 0 Å². The van der Waals surface area contributed by atoms with Crippen LogP contribution in [0.2, 0.25) is 0 Å². The van der Waals surface area contributed by atoms with E-state index in [-0.39, 0.29) is 24.5 Å². The average Bonchev–Trinajstić information content (AvgIpc) is 2.19. The van der Waals surface area contributed by atoms with E-state index in [1.807, 2.05) is 13.8 Å². The van der Waals surface area contributed by atoms with Crippen LogP contribution in [0.4, 0.5) is 0 Å². The number of hydrogen-bond acceptors (Lipinski definition) is 4. The summed E-state index contributed by atoms with van der Waals surface area (Å²) >= 11 is 1.01. The second-order valence-corrected chi connectivity index (χ2v) is 3.65. The lowest BCUT2D eigenvalue weighted by Gasteiger charge is -2.26. The Hall–Kier alpha value is 0.295. The summed E-state index contributed by atoms with van der Waals surface area (Å²) < 4.78 is 17.2. The van der Waals surface area contributed by atoms with E-state index in [1.54, 1.807) is 7.11 Å². The molecule has 0 aromatic carbocycles. The Morgan fingerprint density at radius 1 is 1.54 bits per heavy atom. The summed E-state index contributed by atoms with van der Waals surface area (Å²) in [6.45, 7) is 4.57. The van der Waals surface area contributed by atoms with Gasteiger partial charge in [-0.25, -0.2) is 0 Å². The van der Waals surface area contributed by atoms with Gasteiger partial charge in [-0.05, 0) is 1.34 Å². The van der Waals surface area contributed by atoms with E-state index in [1.165, 1.54) is 0 Å². The van der Waals surface area contributed by atoms with Gasteiger partial charge in [0.2, 0.25) is 7.09 Å². The molecule has 0 aromatic heterocycles. The maximum Gasteiger partial charge on any atom is 0.209 e. The highest BCUT2D eigenvalue weighted by molar-refractivity contribution is 8.15. The largest absolute Gasteiger partial charge is 0.396 e. The van der Waals surface area contributed by atoms with Crippen LogP contribution in [-0.2, 0) is 8.92 Å². The highest BCUT2D eigenvalue weighted by atomic mass is 32.2. The van der Waals surface area contributed by atoms with Crippen molar-refractivity contribution in [2.75, 3.05) is 20.3 Å². The lowest BCUT2D eigenvalue weighted by atomic mass is 9.94. The monoisotopic (exact) mass is 207 g/mol. The van der Waals surface area contributed by atoms with Crippen LogP contribution in [0.5, 0.6) is 0 Å². The summed E-state index contributed by atoms with van der Waals surface area (Å²) in [5.41, 5.74) is 0. The van der Waals surface area contributed by atoms with Crippen molar-refractivity contribution in [1.29, 1.82) is 1.34 Å². The summed E-state index contributed by atoms with van der Waals surface area (Å²) in [7, 11) is 2.78. The molecule has 3 nitrogen and oxygen atoms in total. The van der Waals surface area contributed by atoms with E-state index in [0.717, 1.165) is 19.0 Å². The average molecular weight is 207 g/mol. The summed E-state index contributed by atoms with van der Waals surface area (Å²) in [6.07, 6.45) is -0.00802. The van der Waals surface area contributed by atoms with Crippen molar-refractivity contribution in [2.45, 2.75) is 20.0 Å². The zero-order valence-electron chi connectivity index (χ0n) is 9.40. The lowest BCUT2D eigenvalue weighted by Crippen LogP contribution is -2.32. The topological polar surface area (TPSA) is 38.7 Å². The minimum Gasteiger partial charge on any atom is -0.396 e. The van der Waals surface area contributed by atoms with Gasteiger partial charge in [0.15, 0.2) is 0 Å². The number of aliphatic hydroxyl groups is 1. The molecular formula is C8H18BO3S. The number of hydrogen-bond donors (Lipinski definition) is 1. The Labute approximate surface area is 87.1 Å². The molecule has 0 aliphatic rings. The fraction of sp³-hybridized carbons (Fsp3) is 1.00. The van der Waals surface area contributed by atoms with Gasteiger partial charge in [-0.2, -0.15) is 0 Å². The maximum atomic E-state index is 8.99. The van der Waals surface area contributed by atoms with Gasteiger partial charge < -0.3 is 14.0 Å². The molecule has 0 aliphatic carbocycles. The Morgan fingerprint density at radius 2 is 2.23 bits per heavy atom. The zero-order chi connectivity index (χ0) is 11.0. The summed E-state index contributed by atoms with van der Waals surface area (Å²) in [5.74, 6) is 0.304. The lowest BCUT2D eigenvalue weighted by molar-refractivity contribution is -0.0124. The highest BCUT2D eigenvalue weighted by Gasteiger charge is 2.22. The second kappa shape index (κ2) is 7.68. The van der Waals surface area contributed by atoms with Crippen LogP contribution in [-0.4, -0.2) is 40.0 Å². The fourth-order valence-electron chi connectivity index (χ4n) is 1.37. The van der Waals surface area contributed by atoms with Gasteiger partial charge in [0.25, 0.3) is 0 Å². The van der Waals surface area contributed by atoms with Gasteiger partial charge in [0.05, 0.1) is 12.7 Å². The SMILES string of the molecule is [3H][B]SOCC(C)C(OC)C(C)CO. The Balaban J connectivity index is 3.84. The van der Waals surface area contributed by atoms with Crippen molar-refractivity contribution in [3.63, 3.8) is 0 Å². The van der Waals surface area contributed by atoms with Crippen LogP contribution < -0.4 is 0 Å². The van der Waals surface area contributed by atoms with Crippen molar-refractivity contribution < 1.29 is 14.0 Å². The molecule has 0 rings (SSSR count). The number of methoxy groups -OCH3 is 1. The third-order valence-electron chi connectivity index (χ3n) is 2.08. The Bertz CT molecular complexity index is 142. The molecule has 0 bridgehead atoms. The summed E-state index contributed by atoms with van der Waals surface area (Å²) in [6, 6.07) is 0. The van der Waals surface area contributed by atoms with Crippen LogP contribution in [0.25, 0.3) is 0 Å². The molecule has 3 unspecified atom stereocenters. The number of ether oxygens (including phenoxy) is 1. The van der Waals surface area contributed by atoms with E-state index in [0.29, 0.717) is 6.61 Å². The molecule has 77 valence electrons. The van der Waals surface area contributed by atoms with Crippen molar-refractivity contribution in [3.05, 3.63) is 0 Å². The number of aliphatic hydroxyl groups excluding tert-OH is 1. The zero-order valence-corrected chi connectivity index (χ0v) is 9.21. The van der Waals surface area contributed by atoms with Crippen LogP contribution in [0.1, 0.15) is 13.8 Å². The smallest absolute Gasteiger partial charge is 0.209 e. The maximum absolute atomic E-state index is 8.99. The highest BCUT2D eigenvalue weighted by Crippen LogP contribution is 2.17. The minimum absolute atomic E-state index is 0.00802. The van der Waals surface area contributed by atoms with E-state index < -0.39 is 0 Å². The second-order valence-electron chi connectivity index (χ2n) is 3.22. The Kier molecular flexibility index (Phi) is 6.71. The summed E-state index contributed by atoms with van der Waals surface area (Å²) in [5, 5.41) is 8.99. The van der Waals surface area contributed by atoms with Crippen LogP contribution >= 0.6 is 11.9 Å². The van der Waals surface area contributed by atoms with E-state index in [2.05, 4.69) is 0 Å². The van der Waals surface area contributed by atoms with Gasteiger partial charge in [0, 0.05) is 25.6 Å². The molecule has 0 heterocycles. The first kappa shape index (κ1) is 11.4. The normalized spacial score (nSPS) is 18.9. The first-order valence-corrected chi connectivity index (χ1v) is 5.09. The standard InChI is InChI=1S/C8H18BO3S/c1-6(4-10)8(11-3)7(2)5-12-13-9/h6-10H,4-5H2,1-3H3/i9T. The molecule has 0 aromatic rings. The molecule has 0 saturated carbocycles. The van der Waals surface area contributed by atoms with Crippen molar-refractivity contribution >= 4 is 19.0 Å². The number of rotatable bonds is 8. The van der Waals surface area contributed by atoms with E-state index in [4.69, 9.17) is 15.4 Å². The molecule has 0 amide bonds. The summed E-state index contributed by atoms with van der Waals surface area (Å²) in [4.78, 5) is 0. The van der Waals surface area contributed by atoms with Crippen molar-refractivity contribution in [2.24, 2.45) is 11.8 Å². The van der Waals surface area contributed by atoms with Gasteiger partial charge in [0.1, 0.15) is 0 Å². The predicted molar refractivity (Wildman–Crippen MR) is 56.9 cm³/mol. The molecule has 5 heteroatoms. The first-order chi connectivity index (χ1) is 6.67. The van der Waals surface area contributed by atoms with Crippen molar-refractivity contribution in [3.8, 4) is 0 Å². The molecule has 3 atom stereocenters. The molecule has 0 fully saturated rings. The fourth-order valence-corrected chi connectivity index (χ4v) is 1.66. The predicted octanol–water partition coefficient (Wildman–Crippen LogP) is 0.746. The quantitative estimate of drug-likeness (QED) is 0.362. The third-order valence-corrected chi connectivity index (χ3v) is 2.35. The Morgan fingerprint density at radius 3 is 2.69 bits per heavy atom. The molecule has 1 N–H and O–H groups in total. The molecule has 1 radical (unpaired) electrons. The minimum atomic E-state index is -0.00802. The molecule has 0 aliphatic heterocycles. The third kappa shape index (κ3) is 4.91. The van der Waals surface area contributed by atoms with Gasteiger partial charge in [-0.15, -0.1) is 0 Å². The van der Waals surface area contributed by atoms with Crippen LogP contribution in [0.15, 0.2) is 0 Å². The van der Waals surface area contributed by atoms with E-state index in [9.17, 15) is 0 Å². The first-order valence-electron chi connectivity index (χ1n) is 4.87. The van der Waals surface area contributed by atoms with Gasteiger partial charge in [-0.1, -0.05) is 25.7 Å². The van der Waals surface area contributed by atoms with Gasteiger partial charge >= 0.3 is 0 Å². The van der Waals surface area contributed by atoms with Gasteiger partial charge in [-0.3, -0.25) is 0 Å². The van der Waals surface area contributed by atoms with E-state index >= 15 is 0 Å². The van der Waals surface area contributed by atoms with Crippen LogP contribution in [0, 0.1) is 11.8 Å². The molecular weight excluding hydrogens is 187 g/mol. The van der Waals surface area contributed by atoms with Crippen molar-refractivity contribution in [1.82, 2.24) is 0 Å².